The summed E-state index contributed by atoms with van der Waals surface area (Å²) in [6, 6.07) is 87.5. The van der Waals surface area contributed by atoms with E-state index in [0.29, 0.717) is 0 Å². The largest absolute Gasteiger partial charge is 0.309 e. The molecular weight excluding hydrogens is 779 g/mol. The molecule has 0 aliphatic heterocycles. The van der Waals surface area contributed by atoms with Crippen LogP contribution in [0.2, 0.25) is 0 Å². The topological polar surface area (TPSA) is 3.24 Å². The van der Waals surface area contributed by atoms with Crippen molar-refractivity contribution in [3.8, 4) is 55.6 Å². The number of nitrogens with zero attached hydrogens (tertiary/aromatic N) is 1. The van der Waals surface area contributed by atoms with E-state index >= 15 is 0 Å². The summed E-state index contributed by atoms with van der Waals surface area (Å²) < 4.78 is 2.56. The number of thiophene rings is 1. The molecule has 13 rings (SSSR count). The van der Waals surface area contributed by atoms with Crippen molar-refractivity contribution in [2.75, 3.05) is 4.90 Å². The molecule has 1 heterocycles. The lowest BCUT2D eigenvalue weighted by Gasteiger charge is -2.30. The van der Waals surface area contributed by atoms with Gasteiger partial charge in [0.25, 0.3) is 0 Å². The van der Waals surface area contributed by atoms with Gasteiger partial charge in [-0.1, -0.05) is 194 Å². The summed E-state index contributed by atoms with van der Waals surface area (Å²) in [5.74, 6) is 0. The van der Waals surface area contributed by atoms with Crippen LogP contribution >= 0.6 is 11.3 Å². The lowest BCUT2D eigenvalue weighted by atomic mass is 9.70. The number of anilines is 3. The van der Waals surface area contributed by atoms with Crippen LogP contribution in [0.4, 0.5) is 17.1 Å². The van der Waals surface area contributed by atoms with E-state index in [1.807, 2.05) is 11.3 Å². The van der Waals surface area contributed by atoms with Gasteiger partial charge in [0.15, 0.2) is 0 Å². The molecule has 2 heteroatoms. The Morgan fingerprint density at radius 1 is 0.333 bits per heavy atom. The molecule has 0 fully saturated rings. The first-order valence-corrected chi connectivity index (χ1v) is 22.6. The Hall–Kier alpha value is -7.78. The molecule has 0 bridgehead atoms. The van der Waals surface area contributed by atoms with E-state index in [1.165, 1.54) is 104 Å². The number of fused-ring (bicyclic) bond motifs is 13. The molecule has 2 aliphatic carbocycles. The van der Waals surface area contributed by atoms with Crippen molar-refractivity contribution in [1.82, 2.24) is 0 Å². The van der Waals surface area contributed by atoms with Gasteiger partial charge < -0.3 is 4.90 Å². The van der Waals surface area contributed by atoms with Crippen LogP contribution in [-0.4, -0.2) is 0 Å². The highest BCUT2D eigenvalue weighted by atomic mass is 32.1. The molecule has 294 valence electrons. The Kier molecular flexibility index (Phi) is 8.06. The highest BCUT2D eigenvalue weighted by Gasteiger charge is 2.52. The van der Waals surface area contributed by atoms with E-state index in [0.717, 1.165) is 11.4 Å². The SMILES string of the molecule is c1ccc(N(c2ccccc2)c2ccc(-c3cccc(-c4ccccc4-c4cccc5c4-c4ccccc4C54c5ccccc5-c5ccccc54)c3)c3c2sc2ccccc23)cc1. The molecule has 0 unspecified atom stereocenters. The second kappa shape index (κ2) is 14.1. The molecule has 0 radical (unpaired) electrons. The molecule has 1 aromatic heterocycles. The first kappa shape index (κ1) is 35.9. The number of para-hydroxylation sites is 2. The van der Waals surface area contributed by atoms with Gasteiger partial charge in [0.05, 0.1) is 15.8 Å². The van der Waals surface area contributed by atoms with Gasteiger partial charge in [0, 0.05) is 26.8 Å². The average molecular weight is 818 g/mol. The molecule has 11 aromatic rings. The maximum atomic E-state index is 2.41. The molecule has 1 spiro atoms. The average Bonchev–Trinajstić information content (AvgIpc) is 4.00. The van der Waals surface area contributed by atoms with Gasteiger partial charge in [-0.2, -0.15) is 0 Å². The second-order valence-electron chi connectivity index (χ2n) is 16.7. The first-order chi connectivity index (χ1) is 31.3. The summed E-state index contributed by atoms with van der Waals surface area (Å²) in [5, 5.41) is 2.57. The lowest BCUT2D eigenvalue weighted by Crippen LogP contribution is -2.25. The highest BCUT2D eigenvalue weighted by molar-refractivity contribution is 7.26. The normalized spacial score (nSPS) is 12.9. The van der Waals surface area contributed by atoms with E-state index in [2.05, 4.69) is 241 Å². The fourth-order valence-corrected chi connectivity index (χ4v) is 12.2. The predicted octanol–water partition coefficient (Wildman–Crippen LogP) is 16.9. The fourth-order valence-electron chi connectivity index (χ4n) is 11.0. The summed E-state index contributed by atoms with van der Waals surface area (Å²) in [6.45, 7) is 0. The molecule has 10 aromatic carbocycles. The Balaban J connectivity index is 0.997. The van der Waals surface area contributed by atoms with E-state index in [1.54, 1.807) is 0 Å². The Morgan fingerprint density at radius 3 is 1.51 bits per heavy atom. The quantitative estimate of drug-likeness (QED) is 0.162. The van der Waals surface area contributed by atoms with Gasteiger partial charge in [-0.25, -0.2) is 0 Å². The zero-order chi connectivity index (χ0) is 41.5. The van der Waals surface area contributed by atoms with Crippen LogP contribution in [0.3, 0.4) is 0 Å². The number of hydrogen-bond acceptors (Lipinski definition) is 2. The standard InChI is InChI=1S/C61H39NS/c1-3-21-42(22-4-1)62(43-23-5-2-6-24-43)56-38-37-45(59-51-30-12-16-36-57(51)63-60(56)59)41-20-17-19-40(39-41)44-25-7-8-26-46(44)49-31-18-35-55-58(49)50-29-11-15-34-54(50)61(55)52-32-13-9-27-47(52)48-28-10-14-33-53(48)61/h1-39H. The molecule has 1 nitrogen and oxygen atoms in total. The van der Waals surface area contributed by atoms with Crippen molar-refractivity contribution < 1.29 is 0 Å². The minimum absolute atomic E-state index is 0.387. The van der Waals surface area contributed by atoms with Crippen LogP contribution in [0.5, 0.6) is 0 Å². The van der Waals surface area contributed by atoms with Gasteiger partial charge >= 0.3 is 0 Å². The third-order valence-electron chi connectivity index (χ3n) is 13.5. The molecule has 0 N–H and O–H groups in total. The first-order valence-electron chi connectivity index (χ1n) is 21.8. The minimum atomic E-state index is -0.387. The van der Waals surface area contributed by atoms with Crippen LogP contribution in [0.1, 0.15) is 22.3 Å². The number of hydrogen-bond donors (Lipinski definition) is 0. The summed E-state index contributed by atoms with van der Waals surface area (Å²) in [6.07, 6.45) is 0. The van der Waals surface area contributed by atoms with Crippen LogP contribution in [-0.2, 0) is 5.41 Å². The van der Waals surface area contributed by atoms with Crippen molar-refractivity contribution in [3.05, 3.63) is 259 Å². The Labute approximate surface area is 371 Å². The van der Waals surface area contributed by atoms with E-state index in [9.17, 15) is 0 Å². The third kappa shape index (κ3) is 5.22. The molecule has 0 saturated heterocycles. The van der Waals surface area contributed by atoms with E-state index < -0.39 is 0 Å². The van der Waals surface area contributed by atoms with Crippen molar-refractivity contribution >= 4 is 48.6 Å². The summed E-state index contributed by atoms with van der Waals surface area (Å²) >= 11 is 1.88. The number of benzene rings is 10. The predicted molar refractivity (Wildman–Crippen MR) is 267 cm³/mol. The van der Waals surface area contributed by atoms with Crippen LogP contribution in [0.15, 0.2) is 237 Å². The molecule has 0 amide bonds. The van der Waals surface area contributed by atoms with Gasteiger partial charge in [-0.15, -0.1) is 11.3 Å². The lowest BCUT2D eigenvalue weighted by molar-refractivity contribution is 0.794. The van der Waals surface area contributed by atoms with E-state index in [4.69, 9.17) is 0 Å². The smallest absolute Gasteiger partial charge is 0.0725 e. The maximum absolute atomic E-state index is 2.41. The van der Waals surface area contributed by atoms with E-state index in [-0.39, 0.29) is 5.41 Å². The third-order valence-corrected chi connectivity index (χ3v) is 14.7. The fraction of sp³-hybridized carbons (Fsp3) is 0.0164. The zero-order valence-electron chi connectivity index (χ0n) is 34.4. The van der Waals surface area contributed by atoms with Crippen LogP contribution < -0.4 is 4.90 Å². The number of rotatable bonds is 6. The minimum Gasteiger partial charge on any atom is -0.309 e. The highest BCUT2D eigenvalue weighted by Crippen LogP contribution is 2.64. The summed E-state index contributed by atoms with van der Waals surface area (Å²) in [4.78, 5) is 2.40. The van der Waals surface area contributed by atoms with Gasteiger partial charge in [-0.3, -0.25) is 0 Å². The molecule has 0 saturated carbocycles. The van der Waals surface area contributed by atoms with Gasteiger partial charge in [0.1, 0.15) is 0 Å². The van der Waals surface area contributed by atoms with Gasteiger partial charge in [-0.05, 0) is 120 Å². The summed E-state index contributed by atoms with van der Waals surface area (Å²) in [5.41, 5.74) is 21.2. The molecule has 2 aliphatic rings. The molecule has 0 atom stereocenters. The Morgan fingerprint density at radius 2 is 0.825 bits per heavy atom. The summed E-state index contributed by atoms with van der Waals surface area (Å²) in [7, 11) is 0. The second-order valence-corrected chi connectivity index (χ2v) is 17.7. The molecular formula is C61H39NS. The van der Waals surface area contributed by atoms with Crippen molar-refractivity contribution in [2.24, 2.45) is 0 Å². The van der Waals surface area contributed by atoms with Crippen LogP contribution in [0.25, 0.3) is 75.8 Å². The zero-order valence-corrected chi connectivity index (χ0v) is 35.2. The van der Waals surface area contributed by atoms with Crippen molar-refractivity contribution in [1.29, 1.82) is 0 Å². The monoisotopic (exact) mass is 817 g/mol. The van der Waals surface area contributed by atoms with Crippen LogP contribution in [0, 0.1) is 0 Å². The van der Waals surface area contributed by atoms with Gasteiger partial charge in [0.2, 0.25) is 0 Å². The molecule has 63 heavy (non-hydrogen) atoms. The van der Waals surface area contributed by atoms with Crippen molar-refractivity contribution in [3.63, 3.8) is 0 Å². The Bertz CT molecular complexity index is 3500. The maximum Gasteiger partial charge on any atom is 0.0725 e. The van der Waals surface area contributed by atoms with Crippen molar-refractivity contribution in [2.45, 2.75) is 5.41 Å².